The van der Waals surface area contributed by atoms with Gasteiger partial charge in [0.2, 0.25) is 17.7 Å². The molecule has 30 nitrogen and oxygen atoms in total. The molecule has 12 aromatic heterocycles. The molecule has 15 heterocycles. The van der Waals surface area contributed by atoms with Crippen molar-refractivity contribution in [2.75, 3.05) is 93.2 Å². The lowest BCUT2D eigenvalue weighted by atomic mass is 10.1. The van der Waals surface area contributed by atoms with Crippen LogP contribution in [-0.2, 0) is 45.4 Å². The van der Waals surface area contributed by atoms with E-state index in [0.717, 1.165) is 95.9 Å². The highest BCUT2D eigenvalue weighted by molar-refractivity contribution is 14.1. The summed E-state index contributed by atoms with van der Waals surface area (Å²) >= 11 is 26.4. The maximum atomic E-state index is 14.4. The van der Waals surface area contributed by atoms with Gasteiger partial charge < -0.3 is 43.8 Å². The van der Waals surface area contributed by atoms with Gasteiger partial charge in [-0.25, -0.2) is 66.8 Å². The Hall–Kier alpha value is -9.80. The number of carboxylic acid groups (broad SMARTS) is 1. The molecule has 0 atom stereocenters. The first-order valence-electron chi connectivity index (χ1n) is 36.4. The number of ketones is 1. The first kappa shape index (κ1) is 87.5. The molecule has 3 saturated heterocycles. The number of H-pyrrole nitrogens is 1. The fourth-order valence-corrected chi connectivity index (χ4v) is 15.6. The Morgan fingerprint density at radius 2 is 0.873 bits per heavy atom. The Morgan fingerprint density at radius 1 is 0.475 bits per heavy atom. The van der Waals surface area contributed by atoms with Crippen LogP contribution in [0.2, 0.25) is 15.1 Å². The molecule has 0 aliphatic carbocycles. The molecule has 3 aromatic carbocycles. The van der Waals surface area contributed by atoms with Gasteiger partial charge in [0, 0.05) is 125 Å². The van der Waals surface area contributed by atoms with E-state index < -0.39 is 5.97 Å². The molecule has 2 amide bonds. The van der Waals surface area contributed by atoms with E-state index in [4.69, 9.17) is 44.3 Å². The van der Waals surface area contributed by atoms with Gasteiger partial charge in [0.15, 0.2) is 46.1 Å². The van der Waals surface area contributed by atoms with Gasteiger partial charge in [-0.2, -0.15) is 25.5 Å². The second kappa shape index (κ2) is 41.3. The summed E-state index contributed by atoms with van der Waals surface area (Å²) < 4.78 is 62.0. The van der Waals surface area contributed by atoms with Crippen LogP contribution in [0.5, 0.6) is 0 Å². The molecule has 3 fully saturated rings. The lowest BCUT2D eigenvalue weighted by molar-refractivity contribution is -0.138. The van der Waals surface area contributed by atoms with Crippen molar-refractivity contribution < 1.29 is 46.3 Å². The van der Waals surface area contributed by atoms with Crippen molar-refractivity contribution in [3.05, 3.63) is 223 Å². The number of rotatable bonds is 12. The third-order valence-corrected chi connectivity index (χ3v) is 22.9. The molecule has 3 aliphatic heterocycles. The number of aliphatic carboxylic acids is 1. The molecular weight excluding hydrogens is 2040 g/mol. The van der Waals surface area contributed by atoms with Crippen LogP contribution in [0.1, 0.15) is 23.6 Å². The maximum absolute atomic E-state index is 14.4. The second-order valence-corrected chi connectivity index (χ2v) is 31.9. The summed E-state index contributed by atoms with van der Waals surface area (Å²) in [6, 6.07) is 28.3. The van der Waals surface area contributed by atoms with Crippen LogP contribution in [0, 0.1) is 53.0 Å². The van der Waals surface area contributed by atoms with E-state index in [9.17, 15) is 32.3 Å². The molecule has 3 aliphatic rings. The monoisotopic (exact) mass is 2110 g/mol. The largest absolute Gasteiger partial charge is 0.480 e. The summed E-state index contributed by atoms with van der Waals surface area (Å²) in [5.41, 5.74) is 8.30. The van der Waals surface area contributed by atoms with Crippen molar-refractivity contribution in [3.8, 4) is 11.6 Å². The normalized spacial score (nSPS) is 13.3. The fraction of sp³-hybridized carbons (Fsp3) is 0.256. The molecule has 0 saturated carbocycles. The van der Waals surface area contributed by atoms with Crippen molar-refractivity contribution in [1.82, 2.24) is 99.3 Å². The fourth-order valence-electron chi connectivity index (χ4n) is 12.6. The highest BCUT2D eigenvalue weighted by Gasteiger charge is 2.28. The summed E-state index contributed by atoms with van der Waals surface area (Å²) in [4.78, 5) is 85.6. The number of benzene rings is 3. The number of fused-ring (bicyclic) bond motifs is 5. The van der Waals surface area contributed by atoms with E-state index >= 15 is 0 Å². The van der Waals surface area contributed by atoms with Gasteiger partial charge in [-0.05, 0) is 232 Å². The molecule has 3 N–H and O–H groups in total. The average molecular weight is 2120 g/mol. The smallest absolute Gasteiger partial charge is 0.325 e. The van der Waals surface area contributed by atoms with Crippen molar-refractivity contribution in [1.29, 1.82) is 0 Å². The lowest BCUT2D eigenvalue weighted by Gasteiger charge is -2.36. The summed E-state index contributed by atoms with van der Waals surface area (Å²) in [5, 5.41) is 42.0. The van der Waals surface area contributed by atoms with Gasteiger partial charge in [-0.3, -0.25) is 24.3 Å². The van der Waals surface area contributed by atoms with E-state index in [1.165, 1.54) is 41.8 Å². The molecule has 15 aromatic rings. The average Bonchev–Trinajstić information content (AvgIpc) is 1.17. The third-order valence-electron chi connectivity index (χ3n) is 18.5. The van der Waals surface area contributed by atoms with E-state index in [0.29, 0.717) is 113 Å². The number of hydrogen-bond acceptors (Lipinski definition) is 22. The highest BCUT2D eigenvalue weighted by atomic mass is 127. The Labute approximate surface area is 741 Å². The minimum atomic E-state index is -0.920. The number of nitrogens with zero attached hydrogens (tertiary/aromatic N) is 21. The lowest BCUT2D eigenvalue weighted by Crippen LogP contribution is -2.50. The summed E-state index contributed by atoms with van der Waals surface area (Å²) in [6.07, 6.45) is 15.9. The van der Waals surface area contributed by atoms with Gasteiger partial charge in [0.25, 0.3) is 0 Å². The number of aromatic nitrogens is 17. The van der Waals surface area contributed by atoms with Gasteiger partial charge in [0.1, 0.15) is 71.0 Å². The SMILES string of the molecule is CC(=O)Cn1nc(I)c2cccnc21.Cc1cc(N2CCN(C(=O)Cn3nc(-c4ncco4)c4cccnc43)CC2)c(F)cc1Cl.Cc1cc(N2CCN(C(=O)Cn3nc(I)c4cccnc43)CC2)c(F)cc1Cl.Cc1cc(N2CCNCC2)c(F)cc1Cl.Ic1[nH]nc2ncccc12.O=C(O)Cn1nc(I)c2cccnc21.c1cocn1. The standard InChI is InChI=1S/C22H20ClFN6O2.C19H18ClFIN5O.C11H14ClFN2.C9H8IN3O.C8H6IN3O2.C6H4IN3.C3H3NO/c1-14-11-18(17(24)12-16(14)23)28-6-8-29(9-7-28)19(31)13-30-21-15(3-2-4-25-21)20(27-30)22-26-5-10-32-22;1-12-9-16(15(21)10-14(12)20)25-5-7-26(8-6-25)17(28)11-27-19-13(18(22)24-27)3-2-4-23-19;1-8-6-11(10(13)7-9(8)12)15-4-2-14-3-5-15;1-6(14)5-13-9-7(8(10)12-13)3-2-4-11-9;9-7-5-2-1-3-10-8(5)12(11-7)4-6(13)14;7-5-4-2-1-3-8-6(4)10-9-5;1-2-5-3-4-1/h2-5,10-12H,6-9,13H2,1H3;2-4,9-10H,5-8,11H2,1H3;6-7,14H,2-5H2,1H3;2-4H,5H2,1H3;1-3H,4H2,(H,13,14);1-3H,(H,8,9,10);1-3H. The number of Topliss-reactive ketones (excluding diaryl/α,β-unsaturated/α-hetero) is 1. The van der Waals surface area contributed by atoms with Crippen molar-refractivity contribution in [2.45, 2.75) is 53.9 Å². The van der Waals surface area contributed by atoms with Gasteiger partial charge in [-0.15, -0.1) is 0 Å². The van der Waals surface area contributed by atoms with E-state index in [1.807, 2.05) is 85.2 Å². The molecule has 612 valence electrons. The number of aryl methyl sites for hydroxylation is 3. The minimum Gasteiger partial charge on any atom is -0.480 e. The van der Waals surface area contributed by atoms with Gasteiger partial charge >= 0.3 is 5.97 Å². The quantitative estimate of drug-likeness (QED) is 0.0957. The molecule has 40 heteroatoms. The number of oxazole rings is 2. The molecule has 0 spiro atoms. The Bertz CT molecular complexity index is 5890. The zero-order valence-electron chi connectivity index (χ0n) is 63.4. The van der Waals surface area contributed by atoms with Crippen LogP contribution >= 0.6 is 125 Å². The summed E-state index contributed by atoms with van der Waals surface area (Å²) in [7, 11) is 0. The first-order chi connectivity index (χ1) is 56.9. The molecule has 0 unspecified atom stereocenters. The van der Waals surface area contributed by atoms with Crippen molar-refractivity contribution in [2.24, 2.45) is 0 Å². The number of hydrogen-bond donors (Lipinski definition) is 3. The predicted molar refractivity (Wildman–Crippen MR) is 476 cm³/mol. The zero-order valence-corrected chi connectivity index (χ0v) is 74.3. The molecule has 0 radical (unpaired) electrons. The number of amides is 2. The molecule has 0 bridgehead atoms. The number of piperazine rings is 3. The van der Waals surface area contributed by atoms with Gasteiger partial charge in [-0.1, -0.05) is 34.8 Å². The van der Waals surface area contributed by atoms with Crippen LogP contribution < -0.4 is 20.0 Å². The first-order valence-corrected chi connectivity index (χ1v) is 41.8. The summed E-state index contributed by atoms with van der Waals surface area (Å²) in [5.74, 6) is -1.47. The topological polar surface area (TPSA) is 333 Å². The van der Waals surface area contributed by atoms with Crippen molar-refractivity contribution in [3.63, 3.8) is 0 Å². The Kier molecular flexibility index (Phi) is 30.6. The number of anilines is 3. The van der Waals surface area contributed by atoms with E-state index in [2.05, 4.69) is 170 Å². The number of carbonyl (C=O) groups is 4. The van der Waals surface area contributed by atoms with Crippen LogP contribution in [0.25, 0.3) is 66.8 Å². The van der Waals surface area contributed by atoms with E-state index in [-0.39, 0.29) is 61.2 Å². The summed E-state index contributed by atoms with van der Waals surface area (Å²) in [6.45, 7) is 15.2. The molecule has 18 rings (SSSR count). The maximum Gasteiger partial charge on any atom is 0.325 e. The van der Waals surface area contributed by atoms with E-state index in [1.54, 1.807) is 98.4 Å². The number of carbonyl (C=O) groups excluding carboxylic acids is 3. The molecule has 118 heavy (non-hydrogen) atoms. The number of carboxylic acids is 1. The van der Waals surface area contributed by atoms with Crippen molar-refractivity contribution >= 4 is 221 Å². The Morgan fingerprint density at radius 3 is 1.26 bits per heavy atom. The van der Waals surface area contributed by atoms with Crippen LogP contribution in [0.3, 0.4) is 0 Å². The minimum absolute atomic E-state index is 0.0149. The highest BCUT2D eigenvalue weighted by Crippen LogP contribution is 2.32. The van der Waals surface area contributed by atoms with Crippen LogP contribution in [-0.4, -0.2) is 201 Å². The number of pyridine rings is 5. The predicted octanol–water partition coefficient (Wildman–Crippen LogP) is 14.2. The molecular formula is C78H73Cl3F3I4N23O7. The number of halogens is 10. The second-order valence-electron chi connectivity index (χ2n) is 26.5. The van der Waals surface area contributed by atoms with Gasteiger partial charge in [0.05, 0.1) is 56.4 Å². The zero-order chi connectivity index (χ0) is 83.7. The third kappa shape index (κ3) is 22.2. The Balaban J connectivity index is 0.000000134. The van der Waals surface area contributed by atoms with Crippen LogP contribution in [0.15, 0.2) is 168 Å². The number of nitrogens with one attached hydrogen (secondary N) is 2. The van der Waals surface area contributed by atoms with Crippen LogP contribution in [0.4, 0.5) is 30.2 Å². The number of aromatic amines is 1.